The number of H-pyrrole nitrogens is 1. The molecule has 0 amide bonds. The number of benzene rings is 3. The maximum absolute atomic E-state index is 6.76. The van der Waals surface area contributed by atoms with Crippen LogP contribution in [0, 0.1) is 0 Å². The second-order valence-corrected chi connectivity index (χ2v) is 11.3. The minimum atomic E-state index is 0.279. The second-order valence-electron chi connectivity index (χ2n) is 10.0. The van der Waals surface area contributed by atoms with Gasteiger partial charge in [-0.05, 0) is 76.9 Å². The molecule has 2 aromatic heterocycles. The van der Waals surface area contributed by atoms with Crippen molar-refractivity contribution in [3.63, 3.8) is 0 Å². The molecule has 0 aliphatic heterocycles. The number of hydrogen-bond acceptors (Lipinski definition) is 6. The molecule has 0 saturated heterocycles. The summed E-state index contributed by atoms with van der Waals surface area (Å²) in [6.07, 6.45) is 3.19. The zero-order valence-electron chi connectivity index (χ0n) is 20.6. The highest BCUT2D eigenvalue weighted by molar-refractivity contribution is 6.39. The molecule has 2 aliphatic rings. The van der Waals surface area contributed by atoms with Gasteiger partial charge in [0.15, 0.2) is 5.82 Å². The Morgan fingerprint density at radius 2 is 1.72 bits per heavy atom. The van der Waals surface area contributed by atoms with Crippen LogP contribution in [0.3, 0.4) is 0 Å². The Kier molecular flexibility index (Phi) is 6.30. The maximum Gasteiger partial charge on any atom is 0.179 e. The van der Waals surface area contributed by atoms with E-state index in [9.17, 15) is 0 Å². The van der Waals surface area contributed by atoms with Crippen LogP contribution >= 0.6 is 34.8 Å². The fourth-order valence-corrected chi connectivity index (χ4v) is 6.07. The number of halogens is 3. The van der Waals surface area contributed by atoms with Gasteiger partial charge in [0.2, 0.25) is 0 Å². The molecule has 39 heavy (non-hydrogen) atoms. The van der Waals surface area contributed by atoms with Crippen molar-refractivity contribution in [2.75, 3.05) is 0 Å². The van der Waals surface area contributed by atoms with Crippen LogP contribution in [0.5, 0.6) is 5.75 Å². The number of hydrogen-bond donors (Lipinski definition) is 1. The Hall–Kier alpha value is -3.39. The van der Waals surface area contributed by atoms with Gasteiger partial charge < -0.3 is 9.26 Å². The lowest BCUT2D eigenvalue weighted by Gasteiger charge is -2.11. The third-order valence-corrected chi connectivity index (χ3v) is 8.43. The van der Waals surface area contributed by atoms with Crippen molar-refractivity contribution in [3.05, 3.63) is 98.2 Å². The highest BCUT2D eigenvalue weighted by atomic mass is 35.5. The molecule has 0 radical (unpaired) electrons. The first-order valence-electron chi connectivity index (χ1n) is 12.8. The molecule has 2 atom stereocenters. The summed E-state index contributed by atoms with van der Waals surface area (Å²) in [5, 5.41) is 20.1. The van der Waals surface area contributed by atoms with Crippen LogP contribution in [0.2, 0.25) is 15.1 Å². The lowest BCUT2D eigenvalue weighted by Crippen LogP contribution is -2.00. The van der Waals surface area contributed by atoms with E-state index in [1.54, 1.807) is 12.1 Å². The lowest BCUT2D eigenvalue weighted by molar-refractivity contribution is 0.300. The van der Waals surface area contributed by atoms with E-state index in [2.05, 4.69) is 44.0 Å². The van der Waals surface area contributed by atoms with Crippen molar-refractivity contribution in [1.29, 1.82) is 0 Å². The quantitative estimate of drug-likeness (QED) is 0.200. The zero-order chi connectivity index (χ0) is 26.5. The molecule has 7 nitrogen and oxygen atoms in total. The normalized spacial score (nSPS) is 18.3. The highest BCUT2D eigenvalue weighted by Crippen LogP contribution is 2.56. The summed E-state index contributed by atoms with van der Waals surface area (Å²) in [5.41, 5.74) is 5.52. The lowest BCUT2D eigenvalue weighted by atomic mass is 10.0. The first kappa shape index (κ1) is 24.6. The summed E-state index contributed by atoms with van der Waals surface area (Å²) >= 11 is 19.7. The monoisotopic (exact) mass is 577 g/mol. The summed E-state index contributed by atoms with van der Waals surface area (Å²) < 4.78 is 12.0. The molecule has 1 N–H and O–H groups in total. The number of nitrogens with one attached hydrogen (secondary N) is 1. The molecule has 3 aromatic carbocycles. The Balaban J connectivity index is 1.07. The molecule has 0 bridgehead atoms. The minimum absolute atomic E-state index is 0.279. The largest absolute Gasteiger partial charge is 0.489 e. The van der Waals surface area contributed by atoms with Crippen molar-refractivity contribution in [1.82, 2.24) is 25.8 Å². The SMILES string of the molecule is Clc1cc(OCc2c(-c3c(Cl)cccc3Cl)noc2C2CC2)ccc1C1CC1c1ccc(-c2nnn[nH]2)cc1. The van der Waals surface area contributed by atoms with E-state index in [-0.39, 0.29) is 6.61 Å². The van der Waals surface area contributed by atoms with Gasteiger partial charge in [-0.3, -0.25) is 0 Å². The van der Waals surface area contributed by atoms with Crippen LogP contribution in [0.15, 0.2) is 65.2 Å². The highest BCUT2D eigenvalue weighted by Gasteiger charge is 2.40. The van der Waals surface area contributed by atoms with Gasteiger partial charge in [0.05, 0.1) is 15.6 Å². The van der Waals surface area contributed by atoms with Gasteiger partial charge in [-0.2, -0.15) is 0 Å². The minimum Gasteiger partial charge on any atom is -0.489 e. The first-order valence-corrected chi connectivity index (χ1v) is 13.9. The Morgan fingerprint density at radius 1 is 0.923 bits per heavy atom. The van der Waals surface area contributed by atoms with Crippen LogP contribution < -0.4 is 4.74 Å². The molecule has 196 valence electrons. The van der Waals surface area contributed by atoms with E-state index >= 15 is 0 Å². The zero-order valence-corrected chi connectivity index (χ0v) is 22.8. The summed E-state index contributed by atoms with van der Waals surface area (Å²) in [7, 11) is 0. The molecule has 10 heteroatoms. The number of tetrazole rings is 1. The standard InChI is InChI=1S/C29H22Cl3N5O2/c30-23-2-1-3-24(31)26(23)27-22(28(39-35-27)16-6-7-16)14-38-18-10-11-19(25(32)12-18)21-13-20(21)15-4-8-17(9-5-15)29-33-36-37-34-29/h1-5,8-12,16,20-21H,6-7,13-14H2,(H,33,34,36,37). The topological polar surface area (TPSA) is 89.7 Å². The van der Waals surface area contributed by atoms with Crippen LogP contribution in [-0.2, 0) is 6.61 Å². The third-order valence-electron chi connectivity index (χ3n) is 7.47. The molecular formula is C29H22Cl3N5O2. The maximum atomic E-state index is 6.76. The molecule has 2 saturated carbocycles. The summed E-state index contributed by atoms with van der Waals surface area (Å²) in [6, 6.07) is 19.7. The van der Waals surface area contributed by atoms with Crippen LogP contribution in [0.4, 0.5) is 0 Å². The van der Waals surface area contributed by atoms with Gasteiger partial charge in [-0.15, -0.1) is 5.10 Å². The predicted molar refractivity (Wildman–Crippen MR) is 149 cm³/mol. The summed E-state index contributed by atoms with van der Waals surface area (Å²) in [6.45, 7) is 0.279. The van der Waals surface area contributed by atoms with Gasteiger partial charge in [0.25, 0.3) is 0 Å². The van der Waals surface area contributed by atoms with E-state index in [0.717, 1.165) is 41.7 Å². The van der Waals surface area contributed by atoms with Gasteiger partial charge in [0.1, 0.15) is 23.8 Å². The Bertz CT molecular complexity index is 1630. The van der Waals surface area contributed by atoms with Crippen molar-refractivity contribution >= 4 is 34.8 Å². The van der Waals surface area contributed by atoms with Crippen molar-refractivity contribution in [2.24, 2.45) is 0 Å². The fourth-order valence-electron chi connectivity index (χ4n) is 5.18. The Morgan fingerprint density at radius 3 is 2.41 bits per heavy atom. The second kappa shape index (κ2) is 9.97. The first-order chi connectivity index (χ1) is 19.1. The molecule has 5 aromatic rings. The predicted octanol–water partition coefficient (Wildman–Crippen LogP) is 8.21. The Labute approximate surface area is 239 Å². The van der Waals surface area contributed by atoms with Gasteiger partial charge >= 0.3 is 0 Å². The van der Waals surface area contributed by atoms with Gasteiger partial charge in [0, 0.05) is 22.1 Å². The number of nitrogens with zero attached hydrogens (tertiary/aromatic N) is 4. The molecule has 2 fully saturated rings. The fraction of sp³-hybridized carbons (Fsp3) is 0.241. The van der Waals surface area contributed by atoms with E-state index in [0.29, 0.717) is 55.7 Å². The van der Waals surface area contributed by atoms with Crippen molar-refractivity contribution in [3.8, 4) is 28.4 Å². The number of ether oxygens (including phenoxy) is 1. The molecule has 2 aliphatic carbocycles. The molecule has 2 unspecified atom stereocenters. The molecule has 0 spiro atoms. The molecule has 7 rings (SSSR count). The van der Waals surface area contributed by atoms with E-state index in [1.807, 2.05) is 30.3 Å². The van der Waals surface area contributed by atoms with Crippen molar-refractivity contribution < 1.29 is 9.26 Å². The van der Waals surface area contributed by atoms with Crippen LogP contribution in [0.25, 0.3) is 22.6 Å². The average molecular weight is 579 g/mol. The summed E-state index contributed by atoms with van der Waals surface area (Å²) in [5.74, 6) is 3.34. The third kappa shape index (κ3) is 4.80. The average Bonchev–Trinajstić information content (AvgIpc) is 3.84. The van der Waals surface area contributed by atoms with E-state index in [4.69, 9.17) is 44.1 Å². The van der Waals surface area contributed by atoms with Gasteiger partial charge in [-0.25, -0.2) is 5.10 Å². The summed E-state index contributed by atoms with van der Waals surface area (Å²) in [4.78, 5) is 0. The molecular weight excluding hydrogens is 557 g/mol. The van der Waals surface area contributed by atoms with E-state index in [1.165, 1.54) is 5.56 Å². The smallest absolute Gasteiger partial charge is 0.179 e. The van der Waals surface area contributed by atoms with Gasteiger partial charge in [-0.1, -0.05) is 76.4 Å². The van der Waals surface area contributed by atoms with Crippen LogP contribution in [-0.4, -0.2) is 25.8 Å². The van der Waals surface area contributed by atoms with Crippen LogP contribution in [0.1, 0.15) is 59.5 Å². The van der Waals surface area contributed by atoms with Crippen molar-refractivity contribution in [2.45, 2.75) is 43.6 Å². The molecule has 2 heterocycles. The number of aromatic amines is 1. The van der Waals surface area contributed by atoms with E-state index < -0.39 is 0 Å². The number of aromatic nitrogens is 5. The number of rotatable bonds is 8.